The highest BCUT2D eigenvalue weighted by Gasteiger charge is 2.06. The van der Waals surface area contributed by atoms with Crippen molar-refractivity contribution in [1.29, 1.82) is 0 Å². The van der Waals surface area contributed by atoms with Crippen molar-refractivity contribution >= 4 is 0 Å². The molecule has 0 N–H and O–H groups in total. The van der Waals surface area contributed by atoms with Gasteiger partial charge in [0.1, 0.15) is 0 Å². The van der Waals surface area contributed by atoms with Crippen molar-refractivity contribution < 1.29 is 8.78 Å². The molecule has 2 aromatic carbocycles. The summed E-state index contributed by atoms with van der Waals surface area (Å²) in [7, 11) is 0. The summed E-state index contributed by atoms with van der Waals surface area (Å²) in [6, 6.07) is 15.5. The summed E-state index contributed by atoms with van der Waals surface area (Å²) in [5, 5.41) is 0. The molecule has 0 radical (unpaired) electrons. The van der Waals surface area contributed by atoms with E-state index in [1.54, 1.807) is 12.3 Å². The Morgan fingerprint density at radius 1 is 0.762 bits per heavy atom. The molecular formula is C18H13F2N. The van der Waals surface area contributed by atoms with Crippen LogP contribution in [0.3, 0.4) is 0 Å². The van der Waals surface area contributed by atoms with Gasteiger partial charge in [-0.2, -0.15) is 0 Å². The molecule has 21 heavy (non-hydrogen) atoms. The number of hydrogen-bond acceptors (Lipinski definition) is 1. The van der Waals surface area contributed by atoms with E-state index in [2.05, 4.69) is 4.98 Å². The lowest BCUT2D eigenvalue weighted by molar-refractivity contribution is 0.509. The minimum atomic E-state index is -0.841. The second-order valence-corrected chi connectivity index (χ2v) is 4.93. The summed E-state index contributed by atoms with van der Waals surface area (Å²) in [4.78, 5) is 4.38. The van der Waals surface area contributed by atoms with Crippen LogP contribution in [0.25, 0.3) is 22.4 Å². The van der Waals surface area contributed by atoms with Gasteiger partial charge in [0.2, 0.25) is 0 Å². The predicted molar refractivity (Wildman–Crippen MR) is 79.8 cm³/mol. The van der Waals surface area contributed by atoms with Crippen LogP contribution in [0.15, 0.2) is 60.8 Å². The Bertz CT molecular complexity index is 779. The van der Waals surface area contributed by atoms with Gasteiger partial charge in [0.25, 0.3) is 0 Å². The van der Waals surface area contributed by atoms with Gasteiger partial charge in [-0.25, -0.2) is 8.78 Å². The Balaban J connectivity index is 2.03. The molecule has 0 atom stereocenters. The van der Waals surface area contributed by atoms with Gasteiger partial charge >= 0.3 is 0 Å². The number of rotatable bonds is 2. The highest BCUT2D eigenvalue weighted by molar-refractivity contribution is 5.71. The number of benzene rings is 2. The van der Waals surface area contributed by atoms with Crippen molar-refractivity contribution in [2.24, 2.45) is 0 Å². The molecule has 0 spiro atoms. The molecule has 0 aliphatic heterocycles. The maximum atomic E-state index is 13.3. The predicted octanol–water partition coefficient (Wildman–Crippen LogP) is 5.00. The smallest absolute Gasteiger partial charge is 0.159 e. The normalized spacial score (nSPS) is 10.6. The molecule has 0 aliphatic rings. The van der Waals surface area contributed by atoms with Crippen LogP contribution in [-0.4, -0.2) is 4.98 Å². The van der Waals surface area contributed by atoms with Crippen LogP contribution in [-0.2, 0) is 0 Å². The third-order valence-electron chi connectivity index (χ3n) is 3.32. The van der Waals surface area contributed by atoms with Crippen LogP contribution in [0, 0.1) is 18.6 Å². The third kappa shape index (κ3) is 2.82. The first-order chi connectivity index (χ1) is 10.1. The third-order valence-corrected chi connectivity index (χ3v) is 3.32. The summed E-state index contributed by atoms with van der Waals surface area (Å²) in [5.74, 6) is -1.68. The van der Waals surface area contributed by atoms with Crippen molar-refractivity contribution in [3.63, 3.8) is 0 Å². The topological polar surface area (TPSA) is 12.9 Å². The number of aromatic nitrogens is 1. The Morgan fingerprint density at radius 3 is 2.24 bits per heavy atom. The van der Waals surface area contributed by atoms with Gasteiger partial charge in [-0.05, 0) is 47.9 Å². The van der Waals surface area contributed by atoms with Crippen molar-refractivity contribution in [3.05, 3.63) is 78.0 Å². The maximum absolute atomic E-state index is 13.3. The van der Waals surface area contributed by atoms with Crippen LogP contribution >= 0.6 is 0 Å². The summed E-state index contributed by atoms with van der Waals surface area (Å²) < 4.78 is 26.4. The van der Waals surface area contributed by atoms with Crippen LogP contribution in [0.4, 0.5) is 8.78 Å². The van der Waals surface area contributed by atoms with Gasteiger partial charge in [0, 0.05) is 11.8 Å². The molecule has 0 aliphatic carbocycles. The fraction of sp³-hybridized carbons (Fsp3) is 0.0556. The second-order valence-electron chi connectivity index (χ2n) is 4.93. The number of aryl methyl sites for hydroxylation is 1. The molecule has 104 valence electrons. The van der Waals surface area contributed by atoms with Crippen LogP contribution < -0.4 is 0 Å². The van der Waals surface area contributed by atoms with Gasteiger partial charge in [0.05, 0.1) is 5.69 Å². The SMILES string of the molecule is Cc1ccc(-c2cccc(-c3ccc(F)c(F)c3)c2)nc1. The number of hydrogen-bond donors (Lipinski definition) is 0. The van der Waals surface area contributed by atoms with E-state index in [1.807, 2.05) is 43.3 Å². The molecule has 0 amide bonds. The van der Waals surface area contributed by atoms with E-state index < -0.39 is 11.6 Å². The molecule has 0 saturated heterocycles. The summed E-state index contributed by atoms with van der Waals surface area (Å²) in [5.41, 5.74) is 4.36. The Morgan fingerprint density at radius 2 is 1.52 bits per heavy atom. The van der Waals surface area contributed by atoms with E-state index in [1.165, 1.54) is 6.07 Å². The molecule has 1 heterocycles. The molecule has 3 aromatic rings. The Hall–Kier alpha value is -2.55. The maximum Gasteiger partial charge on any atom is 0.159 e. The molecule has 1 aromatic heterocycles. The number of nitrogens with zero attached hydrogens (tertiary/aromatic N) is 1. The molecule has 3 heteroatoms. The van der Waals surface area contributed by atoms with Crippen LogP contribution in [0.1, 0.15) is 5.56 Å². The first-order valence-electron chi connectivity index (χ1n) is 6.62. The van der Waals surface area contributed by atoms with E-state index in [9.17, 15) is 8.78 Å². The van der Waals surface area contributed by atoms with Crippen molar-refractivity contribution in [2.45, 2.75) is 6.92 Å². The van der Waals surface area contributed by atoms with E-state index in [0.717, 1.165) is 28.5 Å². The lowest BCUT2D eigenvalue weighted by Gasteiger charge is -2.06. The zero-order valence-electron chi connectivity index (χ0n) is 11.5. The minimum Gasteiger partial charge on any atom is -0.256 e. The summed E-state index contributed by atoms with van der Waals surface area (Å²) in [6.45, 7) is 1.98. The molecule has 0 fully saturated rings. The highest BCUT2D eigenvalue weighted by atomic mass is 19.2. The molecule has 0 saturated carbocycles. The van der Waals surface area contributed by atoms with E-state index in [0.29, 0.717) is 5.56 Å². The average molecular weight is 281 g/mol. The first-order valence-corrected chi connectivity index (χ1v) is 6.62. The van der Waals surface area contributed by atoms with Gasteiger partial charge < -0.3 is 0 Å². The lowest BCUT2D eigenvalue weighted by Crippen LogP contribution is -1.87. The van der Waals surface area contributed by atoms with E-state index in [4.69, 9.17) is 0 Å². The molecule has 0 unspecified atom stereocenters. The van der Waals surface area contributed by atoms with Crippen LogP contribution in [0.2, 0.25) is 0 Å². The quantitative estimate of drug-likeness (QED) is 0.644. The van der Waals surface area contributed by atoms with Crippen LogP contribution in [0.5, 0.6) is 0 Å². The minimum absolute atomic E-state index is 0.642. The largest absolute Gasteiger partial charge is 0.256 e. The van der Waals surface area contributed by atoms with Crippen molar-refractivity contribution in [1.82, 2.24) is 4.98 Å². The Labute approximate surface area is 121 Å². The molecule has 1 nitrogen and oxygen atoms in total. The van der Waals surface area contributed by atoms with E-state index in [-0.39, 0.29) is 0 Å². The fourth-order valence-corrected chi connectivity index (χ4v) is 2.17. The lowest BCUT2D eigenvalue weighted by atomic mass is 10.0. The van der Waals surface area contributed by atoms with Crippen molar-refractivity contribution in [2.75, 3.05) is 0 Å². The van der Waals surface area contributed by atoms with Crippen molar-refractivity contribution in [3.8, 4) is 22.4 Å². The molecule has 0 bridgehead atoms. The highest BCUT2D eigenvalue weighted by Crippen LogP contribution is 2.26. The summed E-state index contributed by atoms with van der Waals surface area (Å²) >= 11 is 0. The van der Waals surface area contributed by atoms with Gasteiger partial charge in [-0.3, -0.25) is 4.98 Å². The average Bonchev–Trinajstić information content (AvgIpc) is 2.51. The monoisotopic (exact) mass is 281 g/mol. The zero-order valence-corrected chi connectivity index (χ0v) is 11.5. The molecule has 3 rings (SSSR count). The number of pyridine rings is 1. The second kappa shape index (κ2) is 5.44. The number of halogens is 2. The van der Waals surface area contributed by atoms with Gasteiger partial charge in [-0.15, -0.1) is 0 Å². The van der Waals surface area contributed by atoms with Gasteiger partial charge in [-0.1, -0.05) is 30.3 Å². The summed E-state index contributed by atoms with van der Waals surface area (Å²) in [6.07, 6.45) is 1.81. The Kier molecular flexibility index (Phi) is 3.48. The zero-order chi connectivity index (χ0) is 14.8. The first kappa shape index (κ1) is 13.4. The van der Waals surface area contributed by atoms with E-state index >= 15 is 0 Å². The molecular weight excluding hydrogens is 268 g/mol. The standard InChI is InChI=1S/C18H13F2N/c1-12-5-8-18(21-11-12)15-4-2-3-13(9-15)14-6-7-16(19)17(20)10-14/h2-11H,1H3. The van der Waals surface area contributed by atoms with Gasteiger partial charge in [0.15, 0.2) is 11.6 Å². The fourth-order valence-electron chi connectivity index (χ4n) is 2.17.